The van der Waals surface area contributed by atoms with Gasteiger partial charge in [-0.15, -0.1) is 23.2 Å². The molecular formula is C21H26Cl2F3N5O4. The molecule has 2 aliphatic heterocycles. The third-order valence-corrected chi connectivity index (χ3v) is 7.75. The van der Waals surface area contributed by atoms with Gasteiger partial charge in [-0.1, -0.05) is 20.8 Å². The molecule has 4 amide bonds. The Morgan fingerprint density at radius 2 is 1.89 bits per heavy atom. The minimum absolute atomic E-state index is 0.0575. The Hall–Kier alpha value is -2.26. The molecule has 6 atom stereocenters. The predicted molar refractivity (Wildman–Crippen MR) is 118 cm³/mol. The molecular weight excluding hydrogens is 514 g/mol. The minimum atomic E-state index is -5.21. The Morgan fingerprint density at radius 1 is 1.26 bits per heavy atom. The van der Waals surface area contributed by atoms with Gasteiger partial charge in [0.2, 0.25) is 17.7 Å². The Balaban J connectivity index is 1.81. The van der Waals surface area contributed by atoms with E-state index in [1.807, 2.05) is 6.07 Å². The number of carbonyl (C=O) groups excluding carboxylic acids is 4. The summed E-state index contributed by atoms with van der Waals surface area (Å²) in [5, 5.41) is 16.4. The average Bonchev–Trinajstić information content (AvgIpc) is 3.10. The first-order chi connectivity index (χ1) is 16.0. The zero-order valence-electron chi connectivity index (χ0n) is 19.2. The molecule has 4 unspecified atom stereocenters. The number of nitrogens with one attached hydrogen (secondary N) is 3. The van der Waals surface area contributed by atoms with Gasteiger partial charge in [0.05, 0.1) is 6.07 Å². The quantitative estimate of drug-likeness (QED) is 0.437. The first-order valence-corrected chi connectivity index (χ1v) is 11.8. The summed E-state index contributed by atoms with van der Waals surface area (Å²) < 4.78 is 37.4. The fourth-order valence-corrected chi connectivity index (χ4v) is 5.54. The lowest BCUT2D eigenvalue weighted by Gasteiger charge is -2.37. The number of carbonyl (C=O) groups is 4. The highest BCUT2D eigenvalue weighted by Gasteiger charge is 2.74. The Bertz CT molecular complexity index is 962. The number of fused-ring (bicyclic) bond motifs is 1. The summed E-state index contributed by atoms with van der Waals surface area (Å²) in [6.45, 7) is 4.78. The van der Waals surface area contributed by atoms with E-state index in [0.29, 0.717) is 13.0 Å². The second kappa shape index (κ2) is 9.32. The smallest absolute Gasteiger partial charge is 0.356 e. The van der Waals surface area contributed by atoms with Crippen LogP contribution in [-0.4, -0.2) is 70.3 Å². The fraction of sp³-hybridized carbons (Fsp3) is 0.762. The van der Waals surface area contributed by atoms with Gasteiger partial charge in [0, 0.05) is 30.8 Å². The van der Waals surface area contributed by atoms with E-state index in [0.717, 1.165) is 4.90 Å². The zero-order valence-corrected chi connectivity index (χ0v) is 20.7. The first kappa shape index (κ1) is 27.3. The molecule has 3 N–H and O–H groups in total. The predicted octanol–water partition coefficient (Wildman–Crippen LogP) is 1.24. The highest BCUT2D eigenvalue weighted by molar-refractivity contribution is 6.51. The van der Waals surface area contributed by atoms with Gasteiger partial charge in [0.15, 0.2) is 0 Å². The number of nitrogens with zero attached hydrogens (tertiary/aromatic N) is 2. The summed E-state index contributed by atoms with van der Waals surface area (Å²) in [5.74, 6) is -5.83. The van der Waals surface area contributed by atoms with Gasteiger partial charge >= 0.3 is 12.1 Å². The fourth-order valence-electron chi connectivity index (χ4n) is 4.72. The van der Waals surface area contributed by atoms with E-state index in [4.69, 9.17) is 23.2 Å². The van der Waals surface area contributed by atoms with Crippen molar-refractivity contribution in [2.75, 3.05) is 13.1 Å². The van der Waals surface area contributed by atoms with E-state index in [-0.39, 0.29) is 18.9 Å². The zero-order chi connectivity index (χ0) is 26.5. The molecule has 2 saturated heterocycles. The third-order valence-electron chi connectivity index (χ3n) is 6.69. The number of rotatable bonds is 6. The number of hydrogen-bond donors (Lipinski definition) is 3. The van der Waals surface area contributed by atoms with Gasteiger partial charge in [0.1, 0.15) is 22.5 Å². The van der Waals surface area contributed by atoms with Crippen LogP contribution >= 0.6 is 23.2 Å². The van der Waals surface area contributed by atoms with Crippen molar-refractivity contribution in [1.82, 2.24) is 20.9 Å². The van der Waals surface area contributed by atoms with E-state index in [9.17, 15) is 37.6 Å². The Morgan fingerprint density at radius 3 is 2.37 bits per heavy atom. The average molecular weight is 540 g/mol. The third kappa shape index (κ3) is 5.45. The second-order valence-corrected chi connectivity index (χ2v) is 11.7. The van der Waals surface area contributed by atoms with Gasteiger partial charge < -0.3 is 20.9 Å². The molecule has 1 aliphatic carbocycles. The highest BCUT2D eigenvalue weighted by atomic mass is 35.5. The molecule has 35 heavy (non-hydrogen) atoms. The molecule has 0 bridgehead atoms. The monoisotopic (exact) mass is 539 g/mol. The summed E-state index contributed by atoms with van der Waals surface area (Å²) in [6.07, 6.45) is -4.64. The molecule has 2 heterocycles. The summed E-state index contributed by atoms with van der Waals surface area (Å²) in [6, 6.07) is -1.98. The molecule has 3 fully saturated rings. The number of alkyl halides is 5. The maximum absolute atomic E-state index is 13.4. The molecule has 0 aromatic heterocycles. The molecule has 3 aliphatic rings. The van der Waals surface area contributed by atoms with Gasteiger partial charge in [-0.25, -0.2) is 0 Å². The second-order valence-electron chi connectivity index (χ2n) is 10.2. The first-order valence-electron chi connectivity index (χ1n) is 11.0. The number of hydrogen-bond acceptors (Lipinski definition) is 5. The Labute approximate surface area is 210 Å². The van der Waals surface area contributed by atoms with Crippen molar-refractivity contribution in [2.24, 2.45) is 23.2 Å². The van der Waals surface area contributed by atoms with Gasteiger partial charge in [-0.2, -0.15) is 18.4 Å². The Kier molecular flexibility index (Phi) is 7.27. The number of halogens is 5. The lowest BCUT2D eigenvalue weighted by Crippen LogP contribution is -2.61. The van der Waals surface area contributed by atoms with Crippen LogP contribution in [0, 0.1) is 34.5 Å². The summed E-state index contributed by atoms with van der Waals surface area (Å²) in [5.41, 5.74) is -1.13. The molecule has 9 nitrogen and oxygen atoms in total. The van der Waals surface area contributed by atoms with Crippen LogP contribution < -0.4 is 16.0 Å². The number of piperidine rings is 1. The molecule has 0 radical (unpaired) electrons. The van der Waals surface area contributed by atoms with E-state index < -0.39 is 69.5 Å². The molecule has 1 saturated carbocycles. The van der Waals surface area contributed by atoms with Crippen molar-refractivity contribution in [3.05, 3.63) is 0 Å². The van der Waals surface area contributed by atoms with Crippen LogP contribution in [0.2, 0.25) is 0 Å². The molecule has 0 aromatic rings. The van der Waals surface area contributed by atoms with Crippen LogP contribution in [0.15, 0.2) is 0 Å². The number of likely N-dealkylation sites (tertiary alicyclic amines) is 1. The van der Waals surface area contributed by atoms with Crippen molar-refractivity contribution < 1.29 is 32.3 Å². The highest BCUT2D eigenvalue weighted by Crippen LogP contribution is 2.65. The van der Waals surface area contributed by atoms with Gasteiger partial charge in [0.25, 0.3) is 0 Å². The normalized spacial score (nSPS) is 28.9. The largest absolute Gasteiger partial charge is 0.471 e. The number of nitriles is 1. The van der Waals surface area contributed by atoms with Crippen molar-refractivity contribution >= 4 is 46.8 Å². The van der Waals surface area contributed by atoms with Crippen LogP contribution in [0.1, 0.15) is 33.6 Å². The summed E-state index contributed by atoms with van der Waals surface area (Å²) in [4.78, 5) is 51.1. The van der Waals surface area contributed by atoms with E-state index in [1.54, 1.807) is 5.32 Å². The van der Waals surface area contributed by atoms with Gasteiger partial charge in [-0.05, 0) is 18.3 Å². The van der Waals surface area contributed by atoms with Crippen molar-refractivity contribution in [2.45, 2.75) is 62.2 Å². The minimum Gasteiger partial charge on any atom is -0.356 e. The summed E-state index contributed by atoms with van der Waals surface area (Å²) in [7, 11) is 0. The van der Waals surface area contributed by atoms with Crippen molar-refractivity contribution in [1.29, 1.82) is 5.26 Å². The number of amides is 4. The summed E-state index contributed by atoms with van der Waals surface area (Å²) >= 11 is 12.5. The topological polar surface area (TPSA) is 131 Å². The lowest BCUT2D eigenvalue weighted by atomic mass is 9.85. The van der Waals surface area contributed by atoms with Crippen LogP contribution in [0.5, 0.6) is 0 Å². The standard InChI is InChI=1S/C21H26Cl2F3N5O4/c1-19(2,3)14(30-18(35)21(24,25)26)17(34)31-8-11-12(20(11,22)23)13(31)16(33)29-10(7-27)6-9-4-5-28-15(9)32/h9-14H,4-6,8H2,1-3H3,(H,28,32)(H,29,33)(H,30,35)/t9?,10-,11?,12?,13-,14?/m0/s1. The van der Waals surface area contributed by atoms with E-state index >= 15 is 0 Å². The van der Waals surface area contributed by atoms with Crippen LogP contribution in [0.3, 0.4) is 0 Å². The lowest BCUT2D eigenvalue weighted by molar-refractivity contribution is -0.176. The molecule has 194 valence electrons. The SMILES string of the molecule is CC(C)(C)C(NC(=O)C(F)(F)F)C(=O)N1CC2C([C@H]1C(=O)N[C@H](C#N)CC1CCNC1=O)C2(Cl)Cl. The van der Waals surface area contributed by atoms with E-state index in [1.165, 1.54) is 20.8 Å². The van der Waals surface area contributed by atoms with Crippen LogP contribution in [0.25, 0.3) is 0 Å². The van der Waals surface area contributed by atoms with Crippen LogP contribution in [-0.2, 0) is 19.2 Å². The molecule has 3 rings (SSSR count). The maximum Gasteiger partial charge on any atom is 0.471 e. The van der Waals surface area contributed by atoms with E-state index in [2.05, 4.69) is 10.6 Å². The van der Waals surface area contributed by atoms with Crippen molar-refractivity contribution in [3.8, 4) is 6.07 Å². The van der Waals surface area contributed by atoms with Gasteiger partial charge in [-0.3, -0.25) is 19.2 Å². The maximum atomic E-state index is 13.4. The van der Waals surface area contributed by atoms with Crippen molar-refractivity contribution in [3.63, 3.8) is 0 Å². The molecule has 14 heteroatoms. The molecule has 0 spiro atoms. The molecule has 0 aromatic carbocycles. The van der Waals surface area contributed by atoms with Crippen LogP contribution in [0.4, 0.5) is 13.2 Å².